The molecule has 1 aliphatic carbocycles. The zero-order chi connectivity index (χ0) is 14.4. The standard InChI is InChI=1S/C14H14N4O2S/c1-20-10-7-3-6-9(11(10)19)13-17-18-12(8-4-2-5-8)15-16-14(18)21-13/h3,6-8,19H,2,4-5H2,1H3. The second kappa shape index (κ2) is 4.70. The van der Waals surface area contributed by atoms with Crippen LogP contribution in [0.5, 0.6) is 11.5 Å². The maximum Gasteiger partial charge on any atom is 0.234 e. The van der Waals surface area contributed by atoms with Gasteiger partial charge in [-0.05, 0) is 25.0 Å². The lowest BCUT2D eigenvalue weighted by Gasteiger charge is -2.22. The molecule has 0 unspecified atom stereocenters. The summed E-state index contributed by atoms with van der Waals surface area (Å²) in [7, 11) is 1.53. The first-order valence-electron chi connectivity index (χ1n) is 6.86. The van der Waals surface area contributed by atoms with Crippen LogP contribution in [0.15, 0.2) is 18.2 Å². The van der Waals surface area contributed by atoms with Gasteiger partial charge in [0.1, 0.15) is 0 Å². The van der Waals surface area contributed by atoms with Crippen LogP contribution in [0.4, 0.5) is 0 Å². The molecule has 3 aromatic rings. The van der Waals surface area contributed by atoms with E-state index in [0.29, 0.717) is 17.2 Å². The fraction of sp³-hybridized carbons (Fsp3) is 0.357. The number of phenols is 1. The molecule has 6 nitrogen and oxygen atoms in total. The number of ether oxygens (including phenoxy) is 1. The van der Waals surface area contributed by atoms with E-state index >= 15 is 0 Å². The topological polar surface area (TPSA) is 72.5 Å². The minimum Gasteiger partial charge on any atom is -0.504 e. The maximum atomic E-state index is 10.2. The van der Waals surface area contributed by atoms with Gasteiger partial charge in [0.15, 0.2) is 22.3 Å². The van der Waals surface area contributed by atoms with Gasteiger partial charge in [0.05, 0.1) is 12.7 Å². The van der Waals surface area contributed by atoms with Crippen molar-refractivity contribution in [3.8, 4) is 22.1 Å². The van der Waals surface area contributed by atoms with E-state index in [4.69, 9.17) is 4.74 Å². The minimum atomic E-state index is 0.107. The zero-order valence-electron chi connectivity index (χ0n) is 11.5. The molecule has 0 spiro atoms. The van der Waals surface area contributed by atoms with Crippen LogP contribution >= 0.6 is 11.3 Å². The fourth-order valence-corrected chi connectivity index (χ4v) is 3.39. The lowest BCUT2D eigenvalue weighted by molar-refractivity contribution is 0.374. The molecule has 4 rings (SSSR count). The molecule has 2 heterocycles. The Labute approximate surface area is 125 Å². The maximum absolute atomic E-state index is 10.2. The molecule has 1 N–H and O–H groups in total. The summed E-state index contributed by atoms with van der Waals surface area (Å²) in [4.78, 5) is 0.758. The quantitative estimate of drug-likeness (QED) is 0.805. The lowest BCUT2D eigenvalue weighted by atomic mass is 9.85. The Morgan fingerprint density at radius 3 is 2.90 bits per heavy atom. The van der Waals surface area contributed by atoms with Crippen molar-refractivity contribution in [3.05, 3.63) is 24.0 Å². The largest absolute Gasteiger partial charge is 0.504 e. The number of methoxy groups -OCH3 is 1. The molecule has 0 saturated heterocycles. The van der Waals surface area contributed by atoms with E-state index < -0.39 is 0 Å². The van der Waals surface area contributed by atoms with Crippen molar-refractivity contribution in [2.75, 3.05) is 7.11 Å². The van der Waals surface area contributed by atoms with Crippen LogP contribution in [0.1, 0.15) is 31.0 Å². The number of rotatable bonds is 3. The second-order valence-electron chi connectivity index (χ2n) is 5.14. The smallest absolute Gasteiger partial charge is 0.234 e. The predicted molar refractivity (Wildman–Crippen MR) is 78.9 cm³/mol. The molecule has 7 heteroatoms. The average Bonchev–Trinajstić information content (AvgIpc) is 2.99. The summed E-state index contributed by atoms with van der Waals surface area (Å²) in [5.41, 5.74) is 0.657. The third-order valence-corrected chi connectivity index (χ3v) is 4.87. The SMILES string of the molecule is COc1cccc(-c2nn3c(C4CCC4)nnc3s2)c1O. The van der Waals surface area contributed by atoms with Crippen molar-refractivity contribution in [3.63, 3.8) is 0 Å². The third-order valence-electron chi connectivity index (χ3n) is 3.93. The van der Waals surface area contributed by atoms with Crippen LogP contribution in [-0.4, -0.2) is 32.0 Å². The Bertz CT molecular complexity index is 807. The van der Waals surface area contributed by atoms with E-state index in [2.05, 4.69) is 15.3 Å². The van der Waals surface area contributed by atoms with Crippen molar-refractivity contribution >= 4 is 16.3 Å². The Morgan fingerprint density at radius 2 is 2.19 bits per heavy atom. The predicted octanol–water partition coefficient (Wildman–Crippen LogP) is 2.83. The lowest BCUT2D eigenvalue weighted by Crippen LogP contribution is -2.12. The van der Waals surface area contributed by atoms with Crippen LogP contribution in [0.3, 0.4) is 0 Å². The summed E-state index contributed by atoms with van der Waals surface area (Å²) < 4.78 is 6.95. The number of phenolic OH excluding ortho intramolecular Hbond substituents is 1. The minimum absolute atomic E-state index is 0.107. The van der Waals surface area contributed by atoms with Crippen molar-refractivity contribution in [2.45, 2.75) is 25.2 Å². The number of hydrogen-bond acceptors (Lipinski definition) is 6. The van der Waals surface area contributed by atoms with Gasteiger partial charge in [-0.25, -0.2) is 0 Å². The van der Waals surface area contributed by atoms with Crippen LogP contribution in [-0.2, 0) is 0 Å². The highest BCUT2D eigenvalue weighted by atomic mass is 32.1. The number of fused-ring (bicyclic) bond motifs is 1. The highest BCUT2D eigenvalue weighted by molar-refractivity contribution is 7.19. The molecule has 21 heavy (non-hydrogen) atoms. The summed E-state index contributed by atoms with van der Waals surface area (Å²) in [5.74, 6) is 1.95. The van der Waals surface area contributed by atoms with Crippen LogP contribution in [0.2, 0.25) is 0 Å². The van der Waals surface area contributed by atoms with Crippen molar-refractivity contribution in [1.29, 1.82) is 0 Å². The average molecular weight is 302 g/mol. The van der Waals surface area contributed by atoms with E-state index in [1.54, 1.807) is 6.07 Å². The summed E-state index contributed by atoms with van der Waals surface area (Å²) >= 11 is 1.42. The van der Waals surface area contributed by atoms with E-state index in [9.17, 15) is 5.11 Å². The normalized spacial score (nSPS) is 15.3. The van der Waals surface area contributed by atoms with Crippen LogP contribution in [0.25, 0.3) is 15.5 Å². The third kappa shape index (κ3) is 1.88. The molecule has 0 aliphatic heterocycles. The molecule has 0 amide bonds. The molecule has 1 saturated carbocycles. The molecule has 0 atom stereocenters. The Balaban J connectivity index is 1.82. The summed E-state index contributed by atoms with van der Waals surface area (Å²) in [6, 6.07) is 5.38. The van der Waals surface area contributed by atoms with Gasteiger partial charge in [-0.1, -0.05) is 23.8 Å². The molecule has 2 aromatic heterocycles. The number of aromatic hydroxyl groups is 1. The summed E-state index contributed by atoms with van der Waals surface area (Å²) in [6.07, 6.45) is 3.55. The molecule has 108 valence electrons. The molecular formula is C14H14N4O2S. The monoisotopic (exact) mass is 302 g/mol. The number of nitrogens with zero attached hydrogens (tertiary/aromatic N) is 4. The Hall–Kier alpha value is -2.15. The number of benzene rings is 1. The summed E-state index contributed by atoms with van der Waals surface area (Å²) in [5, 5.41) is 24.0. The van der Waals surface area contributed by atoms with Gasteiger partial charge in [0.2, 0.25) is 4.96 Å². The van der Waals surface area contributed by atoms with E-state index in [-0.39, 0.29) is 5.75 Å². The first kappa shape index (κ1) is 12.6. The Morgan fingerprint density at radius 1 is 1.33 bits per heavy atom. The highest BCUT2D eigenvalue weighted by Gasteiger charge is 2.26. The van der Waals surface area contributed by atoms with Crippen LogP contribution in [0, 0.1) is 0 Å². The summed E-state index contributed by atoms with van der Waals surface area (Å²) in [6.45, 7) is 0. The van der Waals surface area contributed by atoms with Gasteiger partial charge in [0.25, 0.3) is 0 Å². The molecule has 1 fully saturated rings. The van der Waals surface area contributed by atoms with Crippen molar-refractivity contribution < 1.29 is 9.84 Å². The number of para-hydroxylation sites is 1. The van der Waals surface area contributed by atoms with E-state index in [0.717, 1.165) is 28.6 Å². The molecule has 1 aliphatic rings. The van der Waals surface area contributed by atoms with Crippen molar-refractivity contribution in [1.82, 2.24) is 19.8 Å². The molecule has 0 radical (unpaired) electrons. The Kier molecular flexibility index (Phi) is 2.81. The first-order valence-corrected chi connectivity index (χ1v) is 7.68. The van der Waals surface area contributed by atoms with Gasteiger partial charge in [-0.15, -0.1) is 10.2 Å². The molecule has 0 bridgehead atoms. The first-order chi connectivity index (χ1) is 10.3. The van der Waals surface area contributed by atoms with Gasteiger partial charge in [0, 0.05) is 5.92 Å². The van der Waals surface area contributed by atoms with E-state index in [1.165, 1.54) is 24.9 Å². The molecular weight excluding hydrogens is 288 g/mol. The number of aromatic nitrogens is 4. The number of hydrogen-bond donors (Lipinski definition) is 1. The van der Waals surface area contributed by atoms with E-state index in [1.807, 2.05) is 16.6 Å². The van der Waals surface area contributed by atoms with Crippen molar-refractivity contribution in [2.24, 2.45) is 0 Å². The van der Waals surface area contributed by atoms with Gasteiger partial charge in [-0.3, -0.25) is 0 Å². The molecule has 1 aromatic carbocycles. The van der Waals surface area contributed by atoms with Crippen LogP contribution < -0.4 is 4.74 Å². The highest BCUT2D eigenvalue weighted by Crippen LogP contribution is 2.40. The van der Waals surface area contributed by atoms with Gasteiger partial charge < -0.3 is 9.84 Å². The second-order valence-corrected chi connectivity index (χ2v) is 6.10. The van der Waals surface area contributed by atoms with Gasteiger partial charge >= 0.3 is 0 Å². The van der Waals surface area contributed by atoms with Gasteiger partial charge in [-0.2, -0.15) is 9.61 Å². The fourth-order valence-electron chi connectivity index (χ4n) is 2.52. The zero-order valence-corrected chi connectivity index (χ0v) is 12.3.